The Morgan fingerprint density at radius 3 is 2.56 bits per heavy atom. The number of esters is 1. The number of benzene rings is 1. The van der Waals surface area contributed by atoms with Gasteiger partial charge in [-0.2, -0.15) is 0 Å². The molecule has 0 unspecified atom stereocenters. The van der Waals surface area contributed by atoms with Gasteiger partial charge in [-0.1, -0.05) is 12.7 Å². The minimum atomic E-state index is -1.45. The lowest BCUT2D eigenvalue weighted by Gasteiger charge is -2.06. The van der Waals surface area contributed by atoms with Gasteiger partial charge in [0, 0.05) is 5.56 Å². The Morgan fingerprint density at radius 2 is 2.06 bits per heavy atom. The minimum Gasteiger partial charge on any atom is -0.462 e. The van der Waals surface area contributed by atoms with Crippen LogP contribution in [0.1, 0.15) is 22.8 Å². The monoisotopic (exact) mass is 230 g/mol. The van der Waals surface area contributed by atoms with Crippen molar-refractivity contribution in [2.24, 2.45) is 0 Å². The van der Waals surface area contributed by atoms with Crippen molar-refractivity contribution in [3.05, 3.63) is 41.2 Å². The number of hydrogen-bond donors (Lipinski definition) is 0. The van der Waals surface area contributed by atoms with Gasteiger partial charge in [0.15, 0.2) is 11.6 Å². The average Bonchev–Trinajstić information content (AvgIpc) is 2.24. The molecule has 0 saturated heterocycles. The van der Waals surface area contributed by atoms with Gasteiger partial charge < -0.3 is 4.74 Å². The normalized spacial score (nSPS) is 10.0. The van der Waals surface area contributed by atoms with Crippen molar-refractivity contribution >= 4 is 12.0 Å². The van der Waals surface area contributed by atoms with E-state index in [4.69, 9.17) is 0 Å². The summed E-state index contributed by atoms with van der Waals surface area (Å²) < 4.78 is 44.2. The zero-order valence-electron chi connectivity index (χ0n) is 8.52. The summed E-state index contributed by atoms with van der Waals surface area (Å²) in [5.41, 5.74) is -1.37. The van der Waals surface area contributed by atoms with Crippen LogP contribution in [-0.4, -0.2) is 12.6 Å². The van der Waals surface area contributed by atoms with Crippen LogP contribution in [0.2, 0.25) is 0 Å². The molecule has 1 aromatic rings. The molecule has 0 amide bonds. The first kappa shape index (κ1) is 12.3. The zero-order chi connectivity index (χ0) is 12.3. The van der Waals surface area contributed by atoms with E-state index in [9.17, 15) is 18.0 Å². The summed E-state index contributed by atoms with van der Waals surface area (Å²) in [7, 11) is 0. The molecule has 0 aliphatic rings. The van der Waals surface area contributed by atoms with Crippen LogP contribution in [0.25, 0.3) is 6.08 Å². The van der Waals surface area contributed by atoms with Gasteiger partial charge in [-0.25, -0.2) is 18.0 Å². The van der Waals surface area contributed by atoms with E-state index in [-0.39, 0.29) is 6.61 Å². The van der Waals surface area contributed by atoms with Crippen molar-refractivity contribution in [2.75, 3.05) is 6.61 Å². The summed E-state index contributed by atoms with van der Waals surface area (Å²) in [6.07, 6.45) is 0.836. The van der Waals surface area contributed by atoms with E-state index in [0.29, 0.717) is 6.07 Å². The summed E-state index contributed by atoms with van der Waals surface area (Å²) >= 11 is 0. The topological polar surface area (TPSA) is 26.3 Å². The third kappa shape index (κ3) is 2.08. The van der Waals surface area contributed by atoms with Gasteiger partial charge in [-0.15, -0.1) is 0 Å². The number of ether oxygens (including phenoxy) is 1. The van der Waals surface area contributed by atoms with Crippen molar-refractivity contribution < 1.29 is 22.7 Å². The van der Waals surface area contributed by atoms with Crippen LogP contribution in [0.5, 0.6) is 0 Å². The predicted molar refractivity (Wildman–Crippen MR) is 52.4 cm³/mol. The second-order valence-electron chi connectivity index (χ2n) is 2.87. The molecular formula is C11H9F3O2. The third-order valence-electron chi connectivity index (χ3n) is 1.89. The first-order valence-electron chi connectivity index (χ1n) is 4.50. The molecule has 0 bridgehead atoms. The first-order chi connectivity index (χ1) is 7.52. The van der Waals surface area contributed by atoms with E-state index in [2.05, 4.69) is 11.3 Å². The van der Waals surface area contributed by atoms with Gasteiger partial charge in [0.2, 0.25) is 0 Å². The first-order valence-corrected chi connectivity index (χ1v) is 4.50. The highest BCUT2D eigenvalue weighted by Gasteiger charge is 2.22. The van der Waals surface area contributed by atoms with Gasteiger partial charge in [-0.05, 0) is 13.0 Å². The minimum absolute atomic E-state index is 0.00921. The Balaban J connectivity index is 3.33. The Bertz CT molecular complexity index is 441. The summed E-state index contributed by atoms with van der Waals surface area (Å²) in [6, 6.07) is 0.591. The van der Waals surface area contributed by atoms with E-state index < -0.39 is 34.5 Å². The van der Waals surface area contributed by atoms with Gasteiger partial charge >= 0.3 is 5.97 Å². The maximum Gasteiger partial charge on any atom is 0.341 e. The lowest BCUT2D eigenvalue weighted by Crippen LogP contribution is -2.10. The molecule has 16 heavy (non-hydrogen) atoms. The van der Waals surface area contributed by atoms with E-state index in [0.717, 1.165) is 6.08 Å². The molecule has 0 aliphatic carbocycles. The van der Waals surface area contributed by atoms with E-state index >= 15 is 0 Å². The molecule has 2 nitrogen and oxygen atoms in total. The molecule has 0 fully saturated rings. The molecule has 1 rings (SSSR count). The van der Waals surface area contributed by atoms with E-state index in [1.807, 2.05) is 0 Å². The molecule has 0 N–H and O–H groups in total. The van der Waals surface area contributed by atoms with Crippen molar-refractivity contribution in [2.45, 2.75) is 6.92 Å². The highest BCUT2D eigenvalue weighted by Crippen LogP contribution is 2.21. The summed E-state index contributed by atoms with van der Waals surface area (Å²) in [5.74, 6) is -5.04. The Kier molecular flexibility index (Phi) is 3.71. The van der Waals surface area contributed by atoms with Gasteiger partial charge in [0.1, 0.15) is 11.4 Å². The zero-order valence-corrected chi connectivity index (χ0v) is 8.52. The highest BCUT2D eigenvalue weighted by molar-refractivity contribution is 5.90. The van der Waals surface area contributed by atoms with Crippen LogP contribution in [0.3, 0.4) is 0 Å². The Morgan fingerprint density at radius 1 is 1.44 bits per heavy atom. The SMILES string of the molecule is C=Cc1c(F)cc(C(=O)OCC)c(F)c1F. The standard InChI is InChI=1S/C11H9F3O2/c1-3-6-8(12)5-7(10(14)9(6)13)11(15)16-4-2/h3,5H,1,4H2,2H3. The second-order valence-corrected chi connectivity index (χ2v) is 2.87. The largest absolute Gasteiger partial charge is 0.462 e. The lowest BCUT2D eigenvalue weighted by molar-refractivity contribution is 0.0519. The molecule has 0 saturated carbocycles. The summed E-state index contributed by atoms with van der Waals surface area (Å²) in [4.78, 5) is 11.1. The fraction of sp³-hybridized carbons (Fsp3) is 0.182. The van der Waals surface area contributed by atoms with Crippen LogP contribution in [0, 0.1) is 17.5 Å². The van der Waals surface area contributed by atoms with Crippen LogP contribution in [0.4, 0.5) is 13.2 Å². The summed E-state index contributed by atoms with van der Waals surface area (Å²) in [6.45, 7) is 4.63. The molecule has 1 aromatic carbocycles. The van der Waals surface area contributed by atoms with Gasteiger partial charge in [0.25, 0.3) is 0 Å². The van der Waals surface area contributed by atoms with E-state index in [1.165, 1.54) is 6.92 Å². The maximum atomic E-state index is 13.3. The third-order valence-corrected chi connectivity index (χ3v) is 1.89. The number of carbonyl (C=O) groups is 1. The predicted octanol–water partition coefficient (Wildman–Crippen LogP) is 2.92. The van der Waals surface area contributed by atoms with Crippen LogP contribution >= 0.6 is 0 Å². The second kappa shape index (κ2) is 4.83. The fourth-order valence-corrected chi connectivity index (χ4v) is 1.15. The molecular weight excluding hydrogens is 221 g/mol. The quantitative estimate of drug-likeness (QED) is 0.589. The maximum absolute atomic E-state index is 13.3. The lowest BCUT2D eigenvalue weighted by atomic mass is 10.1. The number of rotatable bonds is 3. The highest BCUT2D eigenvalue weighted by atomic mass is 19.2. The van der Waals surface area contributed by atoms with Crippen molar-refractivity contribution in [3.63, 3.8) is 0 Å². The summed E-state index contributed by atoms with van der Waals surface area (Å²) in [5, 5.41) is 0. The van der Waals surface area contributed by atoms with Crippen molar-refractivity contribution in [3.8, 4) is 0 Å². The van der Waals surface area contributed by atoms with Gasteiger partial charge in [0.05, 0.1) is 6.61 Å². The Labute approximate surface area is 90.3 Å². The fourth-order valence-electron chi connectivity index (χ4n) is 1.15. The van der Waals surface area contributed by atoms with Gasteiger partial charge in [-0.3, -0.25) is 0 Å². The smallest absolute Gasteiger partial charge is 0.341 e. The molecule has 0 radical (unpaired) electrons. The number of hydrogen-bond acceptors (Lipinski definition) is 2. The molecule has 0 spiro atoms. The van der Waals surface area contributed by atoms with Crippen LogP contribution in [0.15, 0.2) is 12.6 Å². The average molecular weight is 230 g/mol. The number of halogens is 3. The Hall–Kier alpha value is -1.78. The van der Waals surface area contributed by atoms with E-state index in [1.54, 1.807) is 0 Å². The van der Waals surface area contributed by atoms with Crippen molar-refractivity contribution in [1.82, 2.24) is 0 Å². The van der Waals surface area contributed by atoms with Crippen LogP contribution in [-0.2, 0) is 4.74 Å². The molecule has 5 heteroatoms. The molecule has 0 atom stereocenters. The van der Waals surface area contributed by atoms with Crippen molar-refractivity contribution in [1.29, 1.82) is 0 Å². The molecule has 0 aromatic heterocycles. The molecule has 0 heterocycles. The molecule has 0 aliphatic heterocycles. The molecule has 86 valence electrons. The number of carbonyl (C=O) groups excluding carboxylic acids is 1. The van der Waals surface area contributed by atoms with Crippen LogP contribution < -0.4 is 0 Å².